The van der Waals surface area contributed by atoms with Gasteiger partial charge >= 0.3 is 0 Å². The minimum absolute atomic E-state index is 0.0687. The molecule has 19 heavy (non-hydrogen) atoms. The van der Waals surface area contributed by atoms with Crippen LogP contribution >= 0.6 is 0 Å². The lowest BCUT2D eigenvalue weighted by Crippen LogP contribution is -2.30. The Kier molecular flexibility index (Phi) is 7.01. The van der Waals surface area contributed by atoms with Gasteiger partial charge in [0.25, 0.3) is 0 Å². The SMILES string of the molecule is CCCCCCNC(=O)CNc1c(C)cccc1C. The first-order valence-corrected chi connectivity index (χ1v) is 7.22. The maximum Gasteiger partial charge on any atom is 0.239 e. The van der Waals surface area contributed by atoms with Gasteiger partial charge in [0, 0.05) is 12.2 Å². The molecular weight excluding hydrogens is 236 g/mol. The number of hydrogen-bond acceptors (Lipinski definition) is 2. The molecule has 3 heteroatoms. The number of hydrogen-bond donors (Lipinski definition) is 2. The molecule has 0 radical (unpaired) electrons. The second-order valence-electron chi connectivity index (χ2n) is 5.03. The molecule has 0 heterocycles. The van der Waals surface area contributed by atoms with Gasteiger partial charge in [0.2, 0.25) is 5.91 Å². The fourth-order valence-electron chi connectivity index (χ4n) is 2.10. The summed E-state index contributed by atoms with van der Waals surface area (Å²) in [5, 5.41) is 6.17. The van der Waals surface area contributed by atoms with Crippen molar-refractivity contribution in [1.29, 1.82) is 0 Å². The minimum Gasteiger partial charge on any atom is -0.376 e. The lowest BCUT2D eigenvalue weighted by atomic mass is 10.1. The Balaban J connectivity index is 2.26. The molecule has 1 aromatic rings. The summed E-state index contributed by atoms with van der Waals surface area (Å²) >= 11 is 0. The van der Waals surface area contributed by atoms with Gasteiger partial charge in [-0.1, -0.05) is 44.4 Å². The Morgan fingerprint density at radius 1 is 1.11 bits per heavy atom. The average Bonchev–Trinajstić information content (AvgIpc) is 2.38. The van der Waals surface area contributed by atoms with E-state index in [0.29, 0.717) is 6.54 Å². The van der Waals surface area contributed by atoms with Crippen molar-refractivity contribution in [3.05, 3.63) is 29.3 Å². The smallest absolute Gasteiger partial charge is 0.239 e. The van der Waals surface area contributed by atoms with Crippen molar-refractivity contribution in [3.8, 4) is 0 Å². The van der Waals surface area contributed by atoms with Crippen LogP contribution in [0.15, 0.2) is 18.2 Å². The predicted molar refractivity (Wildman–Crippen MR) is 81.6 cm³/mol. The topological polar surface area (TPSA) is 41.1 Å². The molecule has 1 rings (SSSR count). The summed E-state index contributed by atoms with van der Waals surface area (Å²) in [6.07, 6.45) is 4.74. The number of para-hydroxylation sites is 1. The molecule has 106 valence electrons. The Labute approximate surface area is 116 Å². The van der Waals surface area contributed by atoms with Gasteiger partial charge in [-0.25, -0.2) is 0 Å². The highest BCUT2D eigenvalue weighted by molar-refractivity contribution is 5.81. The zero-order valence-corrected chi connectivity index (χ0v) is 12.4. The van der Waals surface area contributed by atoms with Crippen LogP contribution in [-0.2, 0) is 4.79 Å². The van der Waals surface area contributed by atoms with Crippen molar-refractivity contribution in [2.24, 2.45) is 0 Å². The Morgan fingerprint density at radius 3 is 2.42 bits per heavy atom. The van der Waals surface area contributed by atoms with E-state index in [1.165, 1.54) is 30.4 Å². The number of amides is 1. The maximum atomic E-state index is 11.7. The third-order valence-electron chi connectivity index (χ3n) is 3.26. The van der Waals surface area contributed by atoms with Gasteiger partial charge in [-0.3, -0.25) is 4.79 Å². The van der Waals surface area contributed by atoms with Crippen LogP contribution in [0.2, 0.25) is 0 Å². The van der Waals surface area contributed by atoms with Crippen LogP contribution < -0.4 is 10.6 Å². The highest BCUT2D eigenvalue weighted by atomic mass is 16.1. The van der Waals surface area contributed by atoms with Crippen LogP contribution in [0.1, 0.15) is 43.7 Å². The van der Waals surface area contributed by atoms with E-state index in [2.05, 4.69) is 43.5 Å². The molecule has 0 fully saturated rings. The summed E-state index contributed by atoms with van der Waals surface area (Å²) in [5.74, 6) is 0.0687. The molecular formula is C16H26N2O. The number of unbranched alkanes of at least 4 members (excludes halogenated alkanes) is 3. The molecule has 0 aliphatic carbocycles. The van der Waals surface area contributed by atoms with Crippen LogP contribution in [0, 0.1) is 13.8 Å². The molecule has 0 aliphatic heterocycles. The number of nitrogens with one attached hydrogen (secondary N) is 2. The monoisotopic (exact) mass is 262 g/mol. The fourth-order valence-corrected chi connectivity index (χ4v) is 2.10. The molecule has 0 spiro atoms. The summed E-state index contributed by atoms with van der Waals surface area (Å²) in [6.45, 7) is 7.43. The first kappa shape index (κ1) is 15.5. The van der Waals surface area contributed by atoms with E-state index in [-0.39, 0.29) is 5.91 Å². The Morgan fingerprint density at radius 2 is 1.79 bits per heavy atom. The normalized spacial score (nSPS) is 10.3. The summed E-state index contributed by atoms with van der Waals surface area (Å²) < 4.78 is 0. The molecule has 1 aromatic carbocycles. The number of carbonyl (C=O) groups is 1. The molecule has 0 aromatic heterocycles. The van der Waals surface area contributed by atoms with Crippen molar-refractivity contribution < 1.29 is 4.79 Å². The molecule has 0 saturated carbocycles. The number of aryl methyl sites for hydroxylation is 2. The minimum atomic E-state index is 0.0687. The largest absolute Gasteiger partial charge is 0.376 e. The van der Waals surface area contributed by atoms with E-state index >= 15 is 0 Å². The summed E-state index contributed by atoms with van der Waals surface area (Å²) in [4.78, 5) is 11.7. The van der Waals surface area contributed by atoms with Gasteiger partial charge in [-0.2, -0.15) is 0 Å². The fraction of sp³-hybridized carbons (Fsp3) is 0.562. The van der Waals surface area contributed by atoms with E-state index < -0.39 is 0 Å². The van der Waals surface area contributed by atoms with Gasteiger partial charge in [-0.15, -0.1) is 0 Å². The lowest BCUT2D eigenvalue weighted by Gasteiger charge is -2.12. The number of anilines is 1. The van der Waals surface area contributed by atoms with Crippen LogP contribution in [0.25, 0.3) is 0 Å². The molecule has 0 bridgehead atoms. The van der Waals surface area contributed by atoms with E-state index in [4.69, 9.17) is 0 Å². The van der Waals surface area contributed by atoms with Gasteiger partial charge in [-0.05, 0) is 31.4 Å². The number of benzene rings is 1. The van der Waals surface area contributed by atoms with Crippen molar-refractivity contribution in [3.63, 3.8) is 0 Å². The van der Waals surface area contributed by atoms with Gasteiger partial charge in [0.1, 0.15) is 0 Å². The first-order valence-electron chi connectivity index (χ1n) is 7.22. The van der Waals surface area contributed by atoms with Gasteiger partial charge in [0.15, 0.2) is 0 Å². The van der Waals surface area contributed by atoms with Crippen molar-refractivity contribution in [2.75, 3.05) is 18.4 Å². The summed E-state index contributed by atoms with van der Waals surface area (Å²) in [5.41, 5.74) is 3.43. The van der Waals surface area contributed by atoms with Crippen molar-refractivity contribution in [2.45, 2.75) is 46.5 Å². The van der Waals surface area contributed by atoms with Crippen molar-refractivity contribution >= 4 is 11.6 Å². The van der Waals surface area contributed by atoms with Gasteiger partial charge < -0.3 is 10.6 Å². The summed E-state index contributed by atoms with van der Waals surface area (Å²) in [6, 6.07) is 6.14. The zero-order valence-electron chi connectivity index (χ0n) is 12.4. The van der Waals surface area contributed by atoms with Gasteiger partial charge in [0.05, 0.1) is 6.54 Å². The number of rotatable bonds is 8. The molecule has 0 unspecified atom stereocenters. The highest BCUT2D eigenvalue weighted by Gasteiger charge is 2.04. The number of carbonyl (C=O) groups excluding carboxylic acids is 1. The third-order valence-corrected chi connectivity index (χ3v) is 3.26. The zero-order chi connectivity index (χ0) is 14.1. The van der Waals surface area contributed by atoms with Crippen LogP contribution in [0.5, 0.6) is 0 Å². The third kappa shape index (κ3) is 5.77. The molecule has 3 nitrogen and oxygen atoms in total. The highest BCUT2D eigenvalue weighted by Crippen LogP contribution is 2.18. The van der Waals surface area contributed by atoms with E-state index in [0.717, 1.165) is 18.7 Å². The van der Waals surface area contributed by atoms with Crippen molar-refractivity contribution in [1.82, 2.24) is 5.32 Å². The second kappa shape index (κ2) is 8.57. The standard InChI is InChI=1S/C16H26N2O/c1-4-5-6-7-11-17-15(19)12-18-16-13(2)9-8-10-14(16)3/h8-10,18H,4-7,11-12H2,1-3H3,(H,17,19). The first-order chi connectivity index (χ1) is 9.15. The molecule has 0 saturated heterocycles. The van der Waals surface area contributed by atoms with E-state index in [1.807, 2.05) is 6.07 Å². The molecule has 1 amide bonds. The summed E-state index contributed by atoms with van der Waals surface area (Å²) in [7, 11) is 0. The van der Waals surface area contributed by atoms with E-state index in [9.17, 15) is 4.79 Å². The van der Waals surface area contributed by atoms with Crippen LogP contribution in [0.3, 0.4) is 0 Å². The lowest BCUT2D eigenvalue weighted by molar-refractivity contribution is -0.119. The molecule has 0 atom stereocenters. The predicted octanol–water partition coefficient (Wildman–Crippen LogP) is 3.41. The Hall–Kier alpha value is -1.51. The second-order valence-corrected chi connectivity index (χ2v) is 5.03. The maximum absolute atomic E-state index is 11.7. The molecule has 2 N–H and O–H groups in total. The molecule has 0 aliphatic rings. The van der Waals surface area contributed by atoms with Crippen LogP contribution in [-0.4, -0.2) is 19.0 Å². The quantitative estimate of drug-likeness (QED) is 0.705. The van der Waals surface area contributed by atoms with Crippen LogP contribution in [0.4, 0.5) is 5.69 Å². The Bertz CT molecular complexity index is 381. The average molecular weight is 262 g/mol. The van der Waals surface area contributed by atoms with E-state index in [1.54, 1.807) is 0 Å².